The van der Waals surface area contributed by atoms with Gasteiger partial charge in [-0.2, -0.15) is 0 Å². The third-order valence-corrected chi connectivity index (χ3v) is 4.33. The lowest BCUT2D eigenvalue weighted by atomic mass is 10.2. The van der Waals surface area contributed by atoms with Crippen molar-refractivity contribution in [1.82, 2.24) is 9.55 Å². The fourth-order valence-electron chi connectivity index (χ4n) is 2.84. The molecule has 0 aliphatic carbocycles. The maximum Gasteiger partial charge on any atom is 0.417 e. The van der Waals surface area contributed by atoms with Crippen molar-refractivity contribution in [1.29, 1.82) is 0 Å². The summed E-state index contributed by atoms with van der Waals surface area (Å²) in [4.78, 5) is 32.1. The second kappa shape index (κ2) is 7.64. The van der Waals surface area contributed by atoms with Gasteiger partial charge in [0.05, 0.1) is 21.6 Å². The zero-order chi connectivity index (χ0) is 20.5. The van der Waals surface area contributed by atoms with E-state index in [-0.39, 0.29) is 18.1 Å². The average Bonchev–Trinajstić information content (AvgIpc) is 2.61. The Morgan fingerprint density at radius 2 is 1.82 bits per heavy atom. The van der Waals surface area contributed by atoms with Gasteiger partial charge in [-0.05, 0) is 52.0 Å². The predicted molar refractivity (Wildman–Crippen MR) is 112 cm³/mol. The van der Waals surface area contributed by atoms with Gasteiger partial charge in [0.15, 0.2) is 0 Å². The molecular formula is C21H22ClN3O3. The number of ether oxygens (including phenoxy) is 1. The summed E-state index contributed by atoms with van der Waals surface area (Å²) in [5.74, 6) is 0.183. The van der Waals surface area contributed by atoms with Crippen molar-refractivity contribution < 1.29 is 9.53 Å². The maximum atomic E-state index is 13.4. The number of amides is 1. The van der Waals surface area contributed by atoms with Crippen LogP contribution in [-0.2, 0) is 4.74 Å². The van der Waals surface area contributed by atoms with Crippen LogP contribution in [0.2, 0.25) is 5.02 Å². The number of benzene rings is 2. The zero-order valence-corrected chi connectivity index (χ0v) is 17.0. The van der Waals surface area contributed by atoms with E-state index in [4.69, 9.17) is 16.3 Å². The van der Waals surface area contributed by atoms with Crippen molar-refractivity contribution in [3.05, 3.63) is 63.9 Å². The quantitative estimate of drug-likeness (QED) is 0.634. The van der Waals surface area contributed by atoms with Gasteiger partial charge in [0, 0.05) is 6.54 Å². The Balaban J connectivity index is 2.31. The number of halogens is 1. The Kier molecular flexibility index (Phi) is 5.42. The molecule has 146 valence electrons. The van der Waals surface area contributed by atoms with Crippen LogP contribution in [0.15, 0.2) is 53.3 Å². The molecule has 1 heterocycles. The number of aromatic nitrogens is 2. The van der Waals surface area contributed by atoms with Gasteiger partial charge in [0.1, 0.15) is 5.60 Å². The molecule has 0 radical (unpaired) electrons. The van der Waals surface area contributed by atoms with Crippen molar-refractivity contribution >= 4 is 34.5 Å². The number of hydrogen-bond acceptors (Lipinski definition) is 4. The third-order valence-electron chi connectivity index (χ3n) is 4.01. The standard InChI is InChI=1S/C21H22ClN3O3/c1-5-24(20(27)28-21(2,3)4)19-23-16-13-9-12-15(22)17(16)18(26)25(19)14-10-7-6-8-11-14/h6-13H,5H2,1-4H3. The highest BCUT2D eigenvalue weighted by atomic mass is 35.5. The van der Waals surface area contributed by atoms with E-state index in [1.165, 1.54) is 9.47 Å². The first-order chi connectivity index (χ1) is 13.2. The van der Waals surface area contributed by atoms with Gasteiger partial charge in [0.2, 0.25) is 5.95 Å². The van der Waals surface area contributed by atoms with Crippen LogP contribution < -0.4 is 10.5 Å². The number of fused-ring (bicyclic) bond motifs is 1. The summed E-state index contributed by atoms with van der Waals surface area (Å²) in [6.07, 6.45) is -0.576. The van der Waals surface area contributed by atoms with Crippen LogP contribution in [0.5, 0.6) is 0 Å². The highest BCUT2D eigenvalue weighted by molar-refractivity contribution is 6.35. The van der Waals surface area contributed by atoms with Gasteiger partial charge in [-0.1, -0.05) is 35.9 Å². The van der Waals surface area contributed by atoms with Gasteiger partial charge < -0.3 is 4.74 Å². The van der Waals surface area contributed by atoms with Crippen molar-refractivity contribution in [3.63, 3.8) is 0 Å². The second-order valence-corrected chi connectivity index (χ2v) is 7.65. The number of hydrogen-bond donors (Lipinski definition) is 0. The van der Waals surface area contributed by atoms with Crippen molar-refractivity contribution in [2.45, 2.75) is 33.3 Å². The lowest BCUT2D eigenvalue weighted by molar-refractivity contribution is 0.0579. The molecule has 6 nitrogen and oxygen atoms in total. The first-order valence-corrected chi connectivity index (χ1v) is 9.38. The zero-order valence-electron chi connectivity index (χ0n) is 16.3. The minimum absolute atomic E-state index is 0.183. The van der Waals surface area contributed by atoms with Crippen molar-refractivity contribution in [2.24, 2.45) is 0 Å². The maximum absolute atomic E-state index is 13.4. The van der Waals surface area contributed by atoms with Crippen LogP contribution in [0.4, 0.5) is 10.7 Å². The predicted octanol–water partition coefficient (Wildman–Crippen LogP) is 4.80. The molecule has 2 aromatic carbocycles. The Bertz CT molecular complexity index is 1070. The number of anilines is 1. The number of carbonyl (C=O) groups excluding carboxylic acids is 1. The molecule has 0 unspecified atom stereocenters. The first kappa shape index (κ1) is 19.9. The van der Waals surface area contributed by atoms with E-state index in [0.717, 1.165) is 0 Å². The molecule has 0 atom stereocenters. The third kappa shape index (κ3) is 3.87. The van der Waals surface area contributed by atoms with E-state index < -0.39 is 11.7 Å². The molecule has 0 fully saturated rings. The molecule has 3 rings (SSSR count). The van der Waals surface area contributed by atoms with E-state index in [1.807, 2.05) is 18.2 Å². The fourth-order valence-corrected chi connectivity index (χ4v) is 3.09. The topological polar surface area (TPSA) is 64.4 Å². The number of nitrogens with zero attached hydrogens (tertiary/aromatic N) is 3. The SMILES string of the molecule is CCN(C(=O)OC(C)(C)C)c1nc2cccc(Cl)c2c(=O)n1-c1ccccc1. The largest absolute Gasteiger partial charge is 0.443 e. The Morgan fingerprint density at radius 3 is 2.43 bits per heavy atom. The van der Waals surface area contributed by atoms with Gasteiger partial charge in [-0.25, -0.2) is 19.2 Å². The summed E-state index contributed by atoms with van der Waals surface area (Å²) >= 11 is 6.28. The highest BCUT2D eigenvalue weighted by Gasteiger charge is 2.27. The average molecular weight is 400 g/mol. The minimum atomic E-state index is -0.678. The monoisotopic (exact) mass is 399 g/mol. The second-order valence-electron chi connectivity index (χ2n) is 7.25. The van der Waals surface area contributed by atoms with Crippen LogP contribution in [0.25, 0.3) is 16.6 Å². The molecular weight excluding hydrogens is 378 g/mol. The molecule has 3 aromatic rings. The van der Waals surface area contributed by atoms with Crippen molar-refractivity contribution in [2.75, 3.05) is 11.4 Å². The molecule has 28 heavy (non-hydrogen) atoms. The first-order valence-electron chi connectivity index (χ1n) is 9.00. The summed E-state index contributed by atoms with van der Waals surface area (Å²) in [6, 6.07) is 14.1. The van der Waals surface area contributed by atoms with Crippen LogP contribution in [0.1, 0.15) is 27.7 Å². The summed E-state index contributed by atoms with van der Waals surface area (Å²) < 4.78 is 6.91. The summed E-state index contributed by atoms with van der Waals surface area (Å²) in [6.45, 7) is 7.44. The molecule has 0 saturated heterocycles. The lowest BCUT2D eigenvalue weighted by Gasteiger charge is -2.27. The Labute approximate surface area is 168 Å². The van der Waals surface area contributed by atoms with Gasteiger partial charge in [-0.3, -0.25) is 4.79 Å². The smallest absolute Gasteiger partial charge is 0.417 e. The summed E-state index contributed by atoms with van der Waals surface area (Å²) in [5.41, 5.74) is -0.0259. The van der Waals surface area contributed by atoms with Gasteiger partial charge >= 0.3 is 6.09 Å². The normalized spacial score (nSPS) is 11.5. The molecule has 0 saturated carbocycles. The number of para-hydroxylation sites is 1. The fraction of sp³-hybridized carbons (Fsp3) is 0.286. The van der Waals surface area contributed by atoms with Crippen LogP contribution in [0, 0.1) is 0 Å². The van der Waals surface area contributed by atoms with Crippen LogP contribution in [-0.4, -0.2) is 27.8 Å². The molecule has 0 aliphatic heterocycles. The molecule has 0 bridgehead atoms. The van der Waals surface area contributed by atoms with Gasteiger partial charge in [-0.15, -0.1) is 0 Å². The van der Waals surface area contributed by atoms with E-state index in [9.17, 15) is 9.59 Å². The molecule has 1 aromatic heterocycles. The Morgan fingerprint density at radius 1 is 1.14 bits per heavy atom. The van der Waals surface area contributed by atoms with Crippen molar-refractivity contribution in [3.8, 4) is 5.69 Å². The number of rotatable bonds is 3. The molecule has 0 spiro atoms. The molecule has 1 amide bonds. The number of carbonyl (C=O) groups is 1. The molecule has 7 heteroatoms. The lowest BCUT2D eigenvalue weighted by Crippen LogP contribution is -2.40. The highest BCUT2D eigenvalue weighted by Crippen LogP contribution is 2.25. The van der Waals surface area contributed by atoms with Crippen LogP contribution >= 0.6 is 11.6 Å². The van der Waals surface area contributed by atoms with E-state index in [0.29, 0.717) is 21.6 Å². The summed E-state index contributed by atoms with van der Waals surface area (Å²) in [7, 11) is 0. The molecule has 0 aliphatic rings. The molecule has 0 N–H and O–H groups in total. The minimum Gasteiger partial charge on any atom is -0.443 e. The van der Waals surface area contributed by atoms with Gasteiger partial charge in [0.25, 0.3) is 5.56 Å². The van der Waals surface area contributed by atoms with E-state index in [1.54, 1.807) is 58.0 Å². The Hall–Kier alpha value is -2.86. The van der Waals surface area contributed by atoms with E-state index in [2.05, 4.69) is 4.98 Å². The van der Waals surface area contributed by atoms with Crippen LogP contribution in [0.3, 0.4) is 0 Å². The summed E-state index contributed by atoms with van der Waals surface area (Å²) in [5, 5.41) is 0.614. The van der Waals surface area contributed by atoms with E-state index >= 15 is 0 Å².